The lowest BCUT2D eigenvalue weighted by molar-refractivity contribution is -0.119. The summed E-state index contributed by atoms with van der Waals surface area (Å²) in [5, 5.41) is 1.61. The van der Waals surface area contributed by atoms with Gasteiger partial charge in [0.15, 0.2) is 0 Å². The Labute approximate surface area is 84.0 Å². The zero-order valence-electron chi connectivity index (χ0n) is 8.40. The molecule has 0 saturated heterocycles. The second-order valence-corrected chi connectivity index (χ2v) is 3.11. The fourth-order valence-electron chi connectivity index (χ4n) is 0.994. The molecule has 3 nitrogen and oxygen atoms in total. The molecule has 1 N–H and O–H groups in total. The summed E-state index contributed by atoms with van der Waals surface area (Å²) in [6.07, 6.45) is 3.29. The minimum atomic E-state index is -0.126. The van der Waals surface area contributed by atoms with Crippen molar-refractivity contribution in [3.63, 3.8) is 0 Å². The molecule has 0 aliphatic rings. The Morgan fingerprint density at radius 3 is 2.50 bits per heavy atom. The maximum absolute atomic E-state index is 11.2. The predicted octanol–water partition coefficient (Wildman–Crippen LogP) is 1.29. The van der Waals surface area contributed by atoms with Crippen LogP contribution in [0.1, 0.15) is 5.56 Å². The molecular formula is C11H14N2O. The van der Waals surface area contributed by atoms with Gasteiger partial charge in [-0.15, -0.1) is 0 Å². The monoisotopic (exact) mass is 190 g/mol. The van der Waals surface area contributed by atoms with E-state index in [9.17, 15) is 4.79 Å². The highest BCUT2D eigenvalue weighted by Crippen LogP contribution is 2.00. The minimum absolute atomic E-state index is 0.126. The summed E-state index contributed by atoms with van der Waals surface area (Å²) in [4.78, 5) is 11.2. The highest BCUT2D eigenvalue weighted by Gasteiger charge is 1.94. The Balaban J connectivity index is 2.52. The first-order valence-electron chi connectivity index (χ1n) is 4.39. The largest absolute Gasteiger partial charge is 0.286 e. The van der Waals surface area contributed by atoms with Crippen LogP contribution in [-0.2, 0) is 4.79 Å². The highest BCUT2D eigenvalue weighted by atomic mass is 16.2. The predicted molar refractivity (Wildman–Crippen MR) is 57.3 cm³/mol. The van der Waals surface area contributed by atoms with Gasteiger partial charge < -0.3 is 0 Å². The maximum atomic E-state index is 11.2. The number of nitrogens with zero attached hydrogens (tertiary/aromatic N) is 1. The second-order valence-electron chi connectivity index (χ2n) is 3.11. The van der Waals surface area contributed by atoms with Crippen LogP contribution in [0.2, 0.25) is 0 Å². The van der Waals surface area contributed by atoms with Gasteiger partial charge in [-0.3, -0.25) is 10.2 Å². The molecule has 0 aliphatic heterocycles. The van der Waals surface area contributed by atoms with Gasteiger partial charge in [-0.05, 0) is 11.6 Å². The van der Waals surface area contributed by atoms with Crippen molar-refractivity contribution in [1.82, 2.24) is 10.4 Å². The van der Waals surface area contributed by atoms with E-state index >= 15 is 0 Å². The van der Waals surface area contributed by atoms with Crippen LogP contribution in [0.4, 0.5) is 0 Å². The number of carbonyl (C=O) groups excluding carboxylic acids is 1. The van der Waals surface area contributed by atoms with E-state index in [0.29, 0.717) is 0 Å². The van der Waals surface area contributed by atoms with Crippen molar-refractivity contribution in [3.05, 3.63) is 42.0 Å². The molecule has 1 aromatic rings. The van der Waals surface area contributed by atoms with Gasteiger partial charge in [0.2, 0.25) is 0 Å². The number of hydrogen-bond donors (Lipinski definition) is 1. The van der Waals surface area contributed by atoms with Crippen LogP contribution in [0.25, 0.3) is 6.08 Å². The quantitative estimate of drug-likeness (QED) is 0.575. The molecule has 0 bridgehead atoms. The topological polar surface area (TPSA) is 32.3 Å². The Bertz CT molecular complexity index is 317. The Morgan fingerprint density at radius 2 is 1.93 bits per heavy atom. The Hall–Kier alpha value is -1.61. The average Bonchev–Trinajstić information content (AvgIpc) is 2.15. The molecule has 74 valence electrons. The molecule has 0 spiro atoms. The standard InChI is InChI=1S/C11H14N2O/c1-13(2)12-11(14)9-8-10-6-4-3-5-7-10/h3-9H,1-2H3,(H,12,14)/b9-8-. The van der Waals surface area contributed by atoms with Crippen molar-refractivity contribution in [3.8, 4) is 0 Å². The molecule has 0 fully saturated rings. The normalized spacial score (nSPS) is 10.8. The second kappa shape index (κ2) is 5.19. The van der Waals surface area contributed by atoms with Crippen LogP contribution >= 0.6 is 0 Å². The number of carbonyl (C=O) groups is 1. The van der Waals surface area contributed by atoms with Crippen LogP contribution in [0, 0.1) is 0 Å². The lowest BCUT2D eigenvalue weighted by atomic mass is 10.2. The van der Waals surface area contributed by atoms with Crippen LogP contribution in [-0.4, -0.2) is 25.0 Å². The summed E-state index contributed by atoms with van der Waals surface area (Å²) in [6, 6.07) is 9.70. The molecule has 0 heterocycles. The van der Waals surface area contributed by atoms with Crippen molar-refractivity contribution in [2.45, 2.75) is 0 Å². The highest BCUT2D eigenvalue weighted by molar-refractivity contribution is 5.91. The van der Waals surface area contributed by atoms with Crippen LogP contribution in [0.5, 0.6) is 0 Å². The summed E-state index contributed by atoms with van der Waals surface area (Å²) < 4.78 is 0. The summed E-state index contributed by atoms with van der Waals surface area (Å²) >= 11 is 0. The molecule has 14 heavy (non-hydrogen) atoms. The van der Waals surface area contributed by atoms with Crippen LogP contribution < -0.4 is 5.43 Å². The first-order chi connectivity index (χ1) is 6.68. The van der Waals surface area contributed by atoms with Gasteiger partial charge in [0.25, 0.3) is 5.91 Å². The molecule has 0 aromatic heterocycles. The van der Waals surface area contributed by atoms with E-state index in [1.165, 1.54) is 6.08 Å². The molecule has 1 aromatic carbocycles. The van der Waals surface area contributed by atoms with E-state index in [2.05, 4.69) is 5.43 Å². The first-order valence-corrected chi connectivity index (χ1v) is 4.39. The molecule has 0 saturated carbocycles. The maximum Gasteiger partial charge on any atom is 0.258 e. The van der Waals surface area contributed by atoms with Gasteiger partial charge >= 0.3 is 0 Å². The van der Waals surface area contributed by atoms with Gasteiger partial charge in [0, 0.05) is 20.2 Å². The number of rotatable bonds is 3. The van der Waals surface area contributed by atoms with Crippen molar-refractivity contribution in [2.75, 3.05) is 14.1 Å². The van der Waals surface area contributed by atoms with Gasteiger partial charge in [0.05, 0.1) is 0 Å². The van der Waals surface area contributed by atoms with Gasteiger partial charge in [-0.2, -0.15) is 0 Å². The molecule has 0 atom stereocenters. The summed E-state index contributed by atoms with van der Waals surface area (Å²) in [5.41, 5.74) is 3.64. The molecule has 1 rings (SSSR count). The van der Waals surface area contributed by atoms with Gasteiger partial charge in [-0.25, -0.2) is 5.01 Å². The molecule has 0 unspecified atom stereocenters. The molecular weight excluding hydrogens is 176 g/mol. The minimum Gasteiger partial charge on any atom is -0.286 e. The van der Waals surface area contributed by atoms with Crippen molar-refractivity contribution in [1.29, 1.82) is 0 Å². The van der Waals surface area contributed by atoms with Gasteiger partial charge in [0.1, 0.15) is 0 Å². The third kappa shape index (κ3) is 3.87. The fourth-order valence-corrected chi connectivity index (χ4v) is 0.994. The SMILES string of the molecule is CN(C)NC(=O)/C=C\c1ccccc1. The van der Waals surface area contributed by atoms with Crippen LogP contribution in [0.3, 0.4) is 0 Å². The smallest absolute Gasteiger partial charge is 0.258 e. The van der Waals surface area contributed by atoms with E-state index in [1.807, 2.05) is 30.3 Å². The lowest BCUT2D eigenvalue weighted by Crippen LogP contribution is -2.34. The number of hydrazine groups is 1. The van der Waals surface area contributed by atoms with E-state index in [-0.39, 0.29) is 5.91 Å². The summed E-state index contributed by atoms with van der Waals surface area (Å²) in [7, 11) is 3.54. The fraction of sp³-hybridized carbons (Fsp3) is 0.182. The lowest BCUT2D eigenvalue weighted by Gasteiger charge is -2.08. The summed E-state index contributed by atoms with van der Waals surface area (Å²) in [6.45, 7) is 0. The number of nitrogens with one attached hydrogen (secondary N) is 1. The molecule has 1 amide bonds. The Morgan fingerprint density at radius 1 is 1.29 bits per heavy atom. The van der Waals surface area contributed by atoms with E-state index in [0.717, 1.165) is 5.56 Å². The van der Waals surface area contributed by atoms with Crippen molar-refractivity contribution < 1.29 is 4.79 Å². The van der Waals surface area contributed by atoms with E-state index < -0.39 is 0 Å². The number of benzene rings is 1. The molecule has 0 aliphatic carbocycles. The van der Waals surface area contributed by atoms with Gasteiger partial charge in [-0.1, -0.05) is 30.3 Å². The average molecular weight is 190 g/mol. The third-order valence-electron chi connectivity index (χ3n) is 1.56. The third-order valence-corrected chi connectivity index (χ3v) is 1.56. The zero-order valence-corrected chi connectivity index (χ0v) is 8.40. The number of hydrogen-bond acceptors (Lipinski definition) is 2. The molecule has 0 radical (unpaired) electrons. The summed E-state index contributed by atoms with van der Waals surface area (Å²) in [5.74, 6) is -0.126. The zero-order chi connectivity index (χ0) is 10.4. The number of amides is 1. The van der Waals surface area contributed by atoms with Crippen molar-refractivity contribution >= 4 is 12.0 Å². The van der Waals surface area contributed by atoms with Crippen molar-refractivity contribution in [2.24, 2.45) is 0 Å². The Kier molecular flexibility index (Phi) is 3.88. The first kappa shape index (κ1) is 10.5. The molecule has 3 heteroatoms. The van der Waals surface area contributed by atoms with Crippen LogP contribution in [0.15, 0.2) is 36.4 Å². The van der Waals surface area contributed by atoms with E-state index in [4.69, 9.17) is 0 Å². The van der Waals surface area contributed by atoms with E-state index in [1.54, 1.807) is 25.2 Å².